The van der Waals surface area contributed by atoms with Gasteiger partial charge in [-0.05, 0) is 42.5 Å². The molecule has 0 spiro atoms. The lowest BCUT2D eigenvalue weighted by Crippen LogP contribution is -2.15. The number of carbonyl (C=O) groups is 2. The average Bonchev–Trinajstić information content (AvgIpc) is 2.63. The van der Waals surface area contributed by atoms with E-state index in [1.807, 2.05) is 0 Å². The molecule has 6 nitrogen and oxygen atoms in total. The van der Waals surface area contributed by atoms with Crippen LogP contribution in [0.1, 0.15) is 20.7 Å². The maximum absolute atomic E-state index is 12.3. The Morgan fingerprint density at radius 3 is 1.50 bits per heavy atom. The van der Waals surface area contributed by atoms with Crippen LogP contribution in [0.3, 0.4) is 0 Å². The van der Waals surface area contributed by atoms with Gasteiger partial charge in [0.05, 0.1) is 0 Å². The second-order valence-electron chi connectivity index (χ2n) is 4.96. The van der Waals surface area contributed by atoms with Gasteiger partial charge in [-0.3, -0.25) is 19.6 Å². The normalized spacial score (nSPS) is 10.0. The van der Waals surface area contributed by atoms with Crippen molar-refractivity contribution >= 4 is 23.2 Å². The van der Waals surface area contributed by atoms with Crippen LogP contribution in [0.5, 0.6) is 0 Å². The van der Waals surface area contributed by atoms with Crippen LogP contribution in [0.15, 0.2) is 73.3 Å². The fourth-order valence-electron chi connectivity index (χ4n) is 2.08. The van der Waals surface area contributed by atoms with Gasteiger partial charge in [0, 0.05) is 47.3 Å². The van der Waals surface area contributed by atoms with Crippen molar-refractivity contribution in [2.75, 3.05) is 10.6 Å². The number of amides is 2. The van der Waals surface area contributed by atoms with E-state index in [9.17, 15) is 9.59 Å². The quantitative estimate of drug-likeness (QED) is 0.774. The van der Waals surface area contributed by atoms with Crippen molar-refractivity contribution in [2.24, 2.45) is 0 Å². The maximum Gasteiger partial charge on any atom is 0.255 e. The van der Waals surface area contributed by atoms with Gasteiger partial charge in [-0.1, -0.05) is 6.07 Å². The van der Waals surface area contributed by atoms with Crippen molar-refractivity contribution in [1.29, 1.82) is 0 Å². The predicted octanol–water partition coefficient (Wildman–Crippen LogP) is 2.98. The molecule has 2 N–H and O–H groups in total. The van der Waals surface area contributed by atoms with Gasteiger partial charge < -0.3 is 10.6 Å². The van der Waals surface area contributed by atoms with Crippen LogP contribution >= 0.6 is 0 Å². The van der Waals surface area contributed by atoms with E-state index in [4.69, 9.17) is 0 Å². The molecule has 0 aliphatic heterocycles. The molecule has 3 rings (SSSR count). The minimum atomic E-state index is -0.292. The van der Waals surface area contributed by atoms with E-state index in [-0.39, 0.29) is 11.8 Å². The van der Waals surface area contributed by atoms with Crippen molar-refractivity contribution in [3.05, 3.63) is 84.4 Å². The first-order valence-corrected chi connectivity index (χ1v) is 7.25. The first-order chi connectivity index (χ1) is 11.7. The first kappa shape index (κ1) is 15.4. The summed E-state index contributed by atoms with van der Waals surface area (Å²) in [5, 5.41) is 5.51. The molecule has 2 heterocycles. The van der Waals surface area contributed by atoms with Crippen molar-refractivity contribution in [3.63, 3.8) is 0 Å². The topological polar surface area (TPSA) is 84.0 Å². The van der Waals surface area contributed by atoms with Gasteiger partial charge in [0.1, 0.15) is 0 Å². The Labute approximate surface area is 138 Å². The molecular formula is C18H14N4O2. The van der Waals surface area contributed by atoms with E-state index in [0.717, 1.165) is 0 Å². The third kappa shape index (κ3) is 3.80. The lowest BCUT2D eigenvalue weighted by atomic mass is 10.1. The van der Waals surface area contributed by atoms with E-state index >= 15 is 0 Å². The number of benzene rings is 1. The summed E-state index contributed by atoms with van der Waals surface area (Å²) in [5.41, 5.74) is 2.08. The van der Waals surface area contributed by atoms with E-state index in [1.54, 1.807) is 73.3 Å². The monoisotopic (exact) mass is 318 g/mol. The van der Waals surface area contributed by atoms with Crippen molar-refractivity contribution < 1.29 is 9.59 Å². The lowest BCUT2D eigenvalue weighted by Gasteiger charge is -2.08. The molecule has 0 saturated carbocycles. The van der Waals surface area contributed by atoms with Crippen molar-refractivity contribution in [1.82, 2.24) is 9.97 Å². The van der Waals surface area contributed by atoms with Crippen LogP contribution in [0.25, 0.3) is 0 Å². The Bertz CT molecular complexity index is 782. The molecule has 0 saturated heterocycles. The molecule has 0 aliphatic rings. The SMILES string of the molecule is O=C(Nc1ccncc1)c1cccc(C(=O)Nc2ccncc2)c1. The van der Waals surface area contributed by atoms with E-state index in [1.165, 1.54) is 0 Å². The Balaban J connectivity index is 1.74. The molecule has 1 aromatic carbocycles. The molecule has 118 valence electrons. The number of pyridine rings is 2. The van der Waals surface area contributed by atoms with Crippen LogP contribution in [0.2, 0.25) is 0 Å². The second-order valence-corrected chi connectivity index (χ2v) is 4.96. The number of rotatable bonds is 4. The number of aromatic nitrogens is 2. The Hall–Kier alpha value is -3.54. The number of nitrogens with one attached hydrogen (secondary N) is 2. The summed E-state index contributed by atoms with van der Waals surface area (Å²) in [6.07, 6.45) is 6.37. The molecule has 2 aromatic heterocycles. The van der Waals surface area contributed by atoms with Gasteiger partial charge in [-0.25, -0.2) is 0 Å². The molecule has 0 bridgehead atoms. The third-order valence-electron chi connectivity index (χ3n) is 3.26. The Morgan fingerprint density at radius 2 is 1.08 bits per heavy atom. The zero-order valence-electron chi connectivity index (χ0n) is 12.6. The smallest absolute Gasteiger partial charge is 0.255 e. The summed E-state index contributed by atoms with van der Waals surface area (Å²) in [5.74, 6) is -0.584. The average molecular weight is 318 g/mol. The van der Waals surface area contributed by atoms with Gasteiger partial charge >= 0.3 is 0 Å². The second kappa shape index (κ2) is 7.15. The Morgan fingerprint density at radius 1 is 0.667 bits per heavy atom. The van der Waals surface area contributed by atoms with Gasteiger partial charge in [0.25, 0.3) is 11.8 Å². The number of anilines is 2. The number of nitrogens with zero attached hydrogens (tertiary/aromatic N) is 2. The zero-order valence-corrected chi connectivity index (χ0v) is 12.6. The molecule has 2 amide bonds. The van der Waals surface area contributed by atoms with Gasteiger partial charge in [0.15, 0.2) is 0 Å². The summed E-state index contributed by atoms with van der Waals surface area (Å²) < 4.78 is 0. The summed E-state index contributed by atoms with van der Waals surface area (Å²) in [4.78, 5) is 32.3. The van der Waals surface area contributed by atoms with Crippen LogP contribution in [-0.2, 0) is 0 Å². The number of hydrogen-bond donors (Lipinski definition) is 2. The maximum atomic E-state index is 12.3. The van der Waals surface area contributed by atoms with Gasteiger partial charge in [-0.15, -0.1) is 0 Å². The summed E-state index contributed by atoms with van der Waals surface area (Å²) in [7, 11) is 0. The molecule has 0 unspecified atom stereocenters. The van der Waals surface area contributed by atoms with E-state index < -0.39 is 0 Å². The zero-order chi connectivity index (χ0) is 16.8. The number of carbonyl (C=O) groups excluding carboxylic acids is 2. The fraction of sp³-hybridized carbons (Fsp3) is 0. The van der Waals surface area contributed by atoms with Crippen molar-refractivity contribution in [3.8, 4) is 0 Å². The summed E-state index contributed by atoms with van der Waals surface area (Å²) >= 11 is 0. The highest BCUT2D eigenvalue weighted by Gasteiger charge is 2.11. The molecule has 0 radical (unpaired) electrons. The highest BCUT2D eigenvalue weighted by molar-refractivity contribution is 6.08. The molecule has 6 heteroatoms. The Kier molecular flexibility index (Phi) is 4.57. The third-order valence-corrected chi connectivity index (χ3v) is 3.26. The number of hydrogen-bond acceptors (Lipinski definition) is 4. The molecule has 0 atom stereocenters. The largest absolute Gasteiger partial charge is 0.322 e. The first-order valence-electron chi connectivity index (χ1n) is 7.25. The van der Waals surface area contributed by atoms with Crippen LogP contribution in [0.4, 0.5) is 11.4 Å². The minimum absolute atomic E-state index is 0.292. The minimum Gasteiger partial charge on any atom is -0.322 e. The summed E-state index contributed by atoms with van der Waals surface area (Å²) in [6.45, 7) is 0. The highest BCUT2D eigenvalue weighted by atomic mass is 16.2. The van der Waals surface area contributed by atoms with Gasteiger partial charge in [0.2, 0.25) is 0 Å². The fourth-order valence-corrected chi connectivity index (χ4v) is 2.08. The molecule has 0 fully saturated rings. The lowest BCUT2D eigenvalue weighted by molar-refractivity contribution is 0.102. The van der Waals surface area contributed by atoms with E-state index in [0.29, 0.717) is 22.5 Å². The van der Waals surface area contributed by atoms with Crippen LogP contribution in [0, 0.1) is 0 Å². The van der Waals surface area contributed by atoms with Crippen LogP contribution in [-0.4, -0.2) is 21.8 Å². The van der Waals surface area contributed by atoms with Gasteiger partial charge in [-0.2, -0.15) is 0 Å². The summed E-state index contributed by atoms with van der Waals surface area (Å²) in [6, 6.07) is 13.3. The molecular weight excluding hydrogens is 304 g/mol. The molecule has 24 heavy (non-hydrogen) atoms. The predicted molar refractivity (Wildman–Crippen MR) is 90.8 cm³/mol. The standard InChI is InChI=1S/C18H14N4O2/c23-17(21-15-4-8-19-9-5-15)13-2-1-3-14(12-13)18(24)22-16-6-10-20-11-7-16/h1-12H,(H,19,21,23)(H,20,22,24). The van der Waals surface area contributed by atoms with Crippen molar-refractivity contribution in [2.45, 2.75) is 0 Å². The van der Waals surface area contributed by atoms with Crippen LogP contribution < -0.4 is 10.6 Å². The molecule has 0 aliphatic carbocycles. The highest BCUT2D eigenvalue weighted by Crippen LogP contribution is 2.12. The van der Waals surface area contributed by atoms with E-state index in [2.05, 4.69) is 20.6 Å². The molecule has 3 aromatic rings.